The normalized spacial score (nSPS) is 19.5. The predicted octanol–water partition coefficient (Wildman–Crippen LogP) is 1.30. The van der Waals surface area contributed by atoms with Crippen molar-refractivity contribution in [3.8, 4) is 5.82 Å². The Morgan fingerprint density at radius 3 is 2.95 bits per heavy atom. The van der Waals surface area contributed by atoms with Crippen molar-refractivity contribution >= 4 is 0 Å². The molecule has 1 aliphatic rings. The molecule has 6 heteroatoms. The van der Waals surface area contributed by atoms with Crippen molar-refractivity contribution in [2.24, 2.45) is 0 Å². The first-order valence-electron chi connectivity index (χ1n) is 7.47. The molecular formula is C15H21N5O. The molecule has 2 aromatic rings. The van der Waals surface area contributed by atoms with Crippen LogP contribution in [0, 0.1) is 0 Å². The SMILES string of the molecule is CC(C)N1CCCC1Cn1nc(-n2ccnc2)ccc1=O. The van der Waals surface area contributed by atoms with E-state index in [1.807, 2.05) is 10.8 Å². The van der Waals surface area contributed by atoms with Gasteiger partial charge in [-0.2, -0.15) is 5.10 Å². The lowest BCUT2D eigenvalue weighted by atomic mass is 10.2. The molecule has 0 bridgehead atoms. The second kappa shape index (κ2) is 5.81. The minimum atomic E-state index is -0.0468. The van der Waals surface area contributed by atoms with E-state index >= 15 is 0 Å². The molecule has 0 amide bonds. The summed E-state index contributed by atoms with van der Waals surface area (Å²) in [6.45, 7) is 6.17. The summed E-state index contributed by atoms with van der Waals surface area (Å²) >= 11 is 0. The van der Waals surface area contributed by atoms with Gasteiger partial charge in [0.05, 0.1) is 6.54 Å². The first kappa shape index (κ1) is 14.0. The predicted molar refractivity (Wildman–Crippen MR) is 80.5 cm³/mol. The number of hydrogen-bond acceptors (Lipinski definition) is 4. The van der Waals surface area contributed by atoms with E-state index in [-0.39, 0.29) is 5.56 Å². The Hall–Kier alpha value is -1.95. The minimum Gasteiger partial charge on any atom is -0.296 e. The van der Waals surface area contributed by atoms with Crippen molar-refractivity contribution in [3.63, 3.8) is 0 Å². The Morgan fingerprint density at radius 1 is 1.38 bits per heavy atom. The Morgan fingerprint density at radius 2 is 2.24 bits per heavy atom. The summed E-state index contributed by atoms with van der Waals surface area (Å²) in [6.07, 6.45) is 7.54. The summed E-state index contributed by atoms with van der Waals surface area (Å²) in [5.41, 5.74) is -0.0468. The first-order chi connectivity index (χ1) is 10.1. The van der Waals surface area contributed by atoms with Crippen LogP contribution in [0.3, 0.4) is 0 Å². The molecule has 0 saturated carbocycles. The van der Waals surface area contributed by atoms with Crippen molar-refractivity contribution in [1.29, 1.82) is 0 Å². The lowest BCUT2D eigenvalue weighted by Crippen LogP contribution is -2.40. The molecule has 0 N–H and O–H groups in total. The molecule has 112 valence electrons. The lowest BCUT2D eigenvalue weighted by Gasteiger charge is -2.28. The fourth-order valence-electron chi connectivity index (χ4n) is 3.03. The van der Waals surface area contributed by atoms with Gasteiger partial charge in [-0.3, -0.25) is 14.3 Å². The Bertz CT molecular complexity index is 646. The smallest absolute Gasteiger partial charge is 0.266 e. The third kappa shape index (κ3) is 2.90. The molecule has 1 fully saturated rings. The van der Waals surface area contributed by atoms with Gasteiger partial charge < -0.3 is 0 Å². The summed E-state index contributed by atoms with van der Waals surface area (Å²) in [4.78, 5) is 18.5. The molecule has 1 unspecified atom stereocenters. The van der Waals surface area contributed by atoms with Gasteiger partial charge >= 0.3 is 0 Å². The van der Waals surface area contributed by atoms with Crippen molar-refractivity contribution in [1.82, 2.24) is 24.2 Å². The number of rotatable bonds is 4. The van der Waals surface area contributed by atoms with Gasteiger partial charge in [-0.1, -0.05) is 0 Å². The van der Waals surface area contributed by atoms with Gasteiger partial charge in [-0.25, -0.2) is 9.67 Å². The Labute approximate surface area is 124 Å². The molecule has 2 aromatic heterocycles. The summed E-state index contributed by atoms with van der Waals surface area (Å²) in [6, 6.07) is 4.21. The van der Waals surface area contributed by atoms with Crippen LogP contribution in [0.4, 0.5) is 0 Å². The molecule has 3 rings (SSSR count). The maximum absolute atomic E-state index is 12.1. The quantitative estimate of drug-likeness (QED) is 0.850. The molecule has 3 heterocycles. The molecule has 0 aromatic carbocycles. The van der Waals surface area contributed by atoms with E-state index in [2.05, 4.69) is 28.8 Å². The molecule has 0 aliphatic carbocycles. The standard InChI is InChI=1S/C15H21N5O/c1-12(2)19-8-3-4-13(19)10-20-15(21)6-5-14(17-20)18-9-7-16-11-18/h5-7,9,11-13H,3-4,8,10H2,1-2H3. The third-order valence-electron chi connectivity index (χ3n) is 4.09. The van der Waals surface area contributed by atoms with Gasteiger partial charge in [0, 0.05) is 30.5 Å². The highest BCUT2D eigenvalue weighted by molar-refractivity contribution is 5.19. The maximum Gasteiger partial charge on any atom is 0.266 e. The van der Waals surface area contributed by atoms with E-state index in [9.17, 15) is 4.79 Å². The van der Waals surface area contributed by atoms with Crippen LogP contribution >= 0.6 is 0 Å². The third-order valence-corrected chi connectivity index (χ3v) is 4.09. The average molecular weight is 287 g/mol. The van der Waals surface area contributed by atoms with E-state index in [1.165, 1.54) is 6.42 Å². The molecule has 21 heavy (non-hydrogen) atoms. The zero-order chi connectivity index (χ0) is 14.8. The van der Waals surface area contributed by atoms with E-state index in [0.29, 0.717) is 18.6 Å². The Kier molecular flexibility index (Phi) is 3.88. The lowest BCUT2D eigenvalue weighted by molar-refractivity contribution is 0.181. The zero-order valence-corrected chi connectivity index (χ0v) is 12.5. The van der Waals surface area contributed by atoms with Gasteiger partial charge in [-0.05, 0) is 39.3 Å². The second-order valence-electron chi connectivity index (χ2n) is 5.81. The molecule has 0 radical (unpaired) electrons. The van der Waals surface area contributed by atoms with E-state index in [4.69, 9.17) is 0 Å². The zero-order valence-electron chi connectivity index (χ0n) is 12.5. The number of hydrogen-bond donors (Lipinski definition) is 0. The van der Waals surface area contributed by atoms with Crippen LogP contribution in [-0.2, 0) is 6.54 Å². The largest absolute Gasteiger partial charge is 0.296 e. The highest BCUT2D eigenvalue weighted by Gasteiger charge is 2.27. The number of likely N-dealkylation sites (tertiary alicyclic amines) is 1. The molecule has 1 atom stereocenters. The average Bonchev–Trinajstić information content (AvgIpc) is 3.12. The van der Waals surface area contributed by atoms with Gasteiger partial charge in [0.25, 0.3) is 5.56 Å². The van der Waals surface area contributed by atoms with Crippen LogP contribution in [0.2, 0.25) is 0 Å². The van der Waals surface area contributed by atoms with Crippen LogP contribution in [0.25, 0.3) is 5.82 Å². The van der Waals surface area contributed by atoms with Crippen LogP contribution in [0.15, 0.2) is 35.6 Å². The minimum absolute atomic E-state index is 0.0468. The Balaban J connectivity index is 1.85. The van der Waals surface area contributed by atoms with Crippen LogP contribution in [-0.4, -0.2) is 42.9 Å². The summed E-state index contributed by atoms with van der Waals surface area (Å²) < 4.78 is 3.39. The van der Waals surface area contributed by atoms with Gasteiger partial charge in [-0.15, -0.1) is 0 Å². The van der Waals surface area contributed by atoms with E-state index in [0.717, 1.165) is 18.8 Å². The topological polar surface area (TPSA) is 56.0 Å². The monoisotopic (exact) mass is 287 g/mol. The molecule has 1 saturated heterocycles. The second-order valence-corrected chi connectivity index (χ2v) is 5.81. The van der Waals surface area contributed by atoms with Gasteiger partial charge in [0.1, 0.15) is 6.33 Å². The van der Waals surface area contributed by atoms with Crippen LogP contribution < -0.4 is 5.56 Å². The van der Waals surface area contributed by atoms with Crippen molar-refractivity contribution in [2.45, 2.75) is 45.3 Å². The molecular weight excluding hydrogens is 266 g/mol. The van der Waals surface area contributed by atoms with Crippen molar-refractivity contribution in [2.75, 3.05) is 6.54 Å². The maximum atomic E-state index is 12.1. The summed E-state index contributed by atoms with van der Waals surface area (Å²) in [7, 11) is 0. The van der Waals surface area contributed by atoms with Gasteiger partial charge in [0.15, 0.2) is 5.82 Å². The fourth-order valence-corrected chi connectivity index (χ4v) is 3.03. The highest BCUT2D eigenvalue weighted by Crippen LogP contribution is 2.20. The first-order valence-corrected chi connectivity index (χ1v) is 7.47. The number of aromatic nitrogens is 4. The molecule has 6 nitrogen and oxygen atoms in total. The number of nitrogens with zero attached hydrogens (tertiary/aromatic N) is 5. The number of imidazole rings is 1. The summed E-state index contributed by atoms with van der Waals surface area (Å²) in [5, 5.41) is 4.47. The van der Waals surface area contributed by atoms with Crippen molar-refractivity contribution in [3.05, 3.63) is 41.2 Å². The van der Waals surface area contributed by atoms with Crippen molar-refractivity contribution < 1.29 is 0 Å². The van der Waals surface area contributed by atoms with E-state index < -0.39 is 0 Å². The highest BCUT2D eigenvalue weighted by atomic mass is 16.1. The van der Waals surface area contributed by atoms with Crippen LogP contribution in [0.5, 0.6) is 0 Å². The van der Waals surface area contributed by atoms with E-state index in [1.54, 1.807) is 29.3 Å². The van der Waals surface area contributed by atoms with Gasteiger partial charge in [0.2, 0.25) is 0 Å². The molecule has 0 spiro atoms. The van der Waals surface area contributed by atoms with Crippen LogP contribution in [0.1, 0.15) is 26.7 Å². The molecule has 1 aliphatic heterocycles. The fraction of sp³-hybridized carbons (Fsp3) is 0.533. The summed E-state index contributed by atoms with van der Waals surface area (Å²) in [5.74, 6) is 0.723.